The summed E-state index contributed by atoms with van der Waals surface area (Å²) in [4.78, 5) is 24.2. The van der Waals surface area contributed by atoms with Gasteiger partial charge in [0.25, 0.3) is 5.91 Å². The Morgan fingerprint density at radius 3 is 2.50 bits per heavy atom. The number of carbonyl (C=O) groups excluding carboxylic acids is 2. The zero-order valence-corrected chi connectivity index (χ0v) is 15.3. The molecule has 0 aliphatic heterocycles. The molecule has 0 saturated carbocycles. The number of carbonyl (C=O) groups is 2. The second-order valence-electron chi connectivity index (χ2n) is 5.80. The summed E-state index contributed by atoms with van der Waals surface area (Å²) in [5.41, 5.74) is 0.530. The van der Waals surface area contributed by atoms with Crippen LogP contribution in [0, 0.1) is 0 Å². The Bertz CT molecular complexity index is 937. The van der Waals surface area contributed by atoms with E-state index in [1.807, 2.05) is 30.3 Å². The minimum Gasteiger partial charge on any atom is -0.495 e. The van der Waals surface area contributed by atoms with Crippen LogP contribution in [-0.2, 0) is 11.4 Å². The van der Waals surface area contributed by atoms with Crippen LogP contribution >= 0.6 is 0 Å². The van der Waals surface area contributed by atoms with Gasteiger partial charge < -0.3 is 24.5 Å². The molecule has 0 aliphatic carbocycles. The maximum Gasteiger partial charge on any atom is 0.287 e. The summed E-state index contributed by atoms with van der Waals surface area (Å²) in [6.07, 6.45) is 0. The van der Waals surface area contributed by atoms with Crippen molar-refractivity contribution in [2.24, 2.45) is 0 Å². The first-order valence-electron chi connectivity index (χ1n) is 8.63. The van der Waals surface area contributed by atoms with Crippen molar-refractivity contribution in [2.45, 2.75) is 6.61 Å². The highest BCUT2D eigenvalue weighted by Gasteiger charge is 2.14. The van der Waals surface area contributed by atoms with E-state index in [1.54, 1.807) is 30.3 Å². The molecule has 2 aromatic carbocycles. The molecule has 144 valence electrons. The molecule has 1 heterocycles. The predicted octanol–water partition coefficient (Wildman–Crippen LogP) is 3.24. The molecule has 7 nitrogen and oxygen atoms in total. The van der Waals surface area contributed by atoms with Crippen LogP contribution in [0.25, 0.3) is 0 Å². The highest BCUT2D eigenvalue weighted by Crippen LogP contribution is 2.22. The Kier molecular flexibility index (Phi) is 6.30. The largest absolute Gasteiger partial charge is 0.495 e. The second kappa shape index (κ2) is 9.27. The molecule has 0 saturated heterocycles. The average molecular weight is 380 g/mol. The fourth-order valence-electron chi connectivity index (χ4n) is 2.44. The highest BCUT2D eigenvalue weighted by atomic mass is 16.5. The third kappa shape index (κ3) is 5.14. The van der Waals surface area contributed by atoms with Crippen molar-refractivity contribution in [3.8, 4) is 11.5 Å². The van der Waals surface area contributed by atoms with Gasteiger partial charge in [-0.2, -0.15) is 0 Å². The van der Waals surface area contributed by atoms with Crippen LogP contribution in [0.15, 0.2) is 71.1 Å². The van der Waals surface area contributed by atoms with E-state index in [-0.39, 0.29) is 24.8 Å². The van der Waals surface area contributed by atoms with Crippen LogP contribution in [0.5, 0.6) is 11.5 Å². The van der Waals surface area contributed by atoms with E-state index in [0.29, 0.717) is 22.9 Å². The summed E-state index contributed by atoms with van der Waals surface area (Å²) in [6.45, 7) is -0.000980. The minimum absolute atomic E-state index is 0.108. The first-order chi connectivity index (χ1) is 13.7. The normalized spacial score (nSPS) is 10.2. The van der Waals surface area contributed by atoms with E-state index < -0.39 is 5.91 Å². The number of benzene rings is 2. The monoisotopic (exact) mass is 380 g/mol. The van der Waals surface area contributed by atoms with E-state index in [2.05, 4.69) is 10.6 Å². The van der Waals surface area contributed by atoms with E-state index in [9.17, 15) is 9.59 Å². The van der Waals surface area contributed by atoms with Crippen molar-refractivity contribution in [1.82, 2.24) is 5.32 Å². The lowest BCUT2D eigenvalue weighted by Gasteiger charge is -2.10. The van der Waals surface area contributed by atoms with Crippen molar-refractivity contribution in [3.63, 3.8) is 0 Å². The van der Waals surface area contributed by atoms with Crippen molar-refractivity contribution >= 4 is 17.5 Å². The van der Waals surface area contributed by atoms with E-state index >= 15 is 0 Å². The first-order valence-corrected chi connectivity index (χ1v) is 8.63. The molecule has 0 aliphatic rings. The van der Waals surface area contributed by atoms with Crippen LogP contribution < -0.4 is 20.1 Å². The minimum atomic E-state index is -0.485. The van der Waals surface area contributed by atoms with Crippen molar-refractivity contribution in [2.75, 3.05) is 19.0 Å². The Labute approximate surface area is 162 Å². The number of furan rings is 1. The Balaban J connectivity index is 1.48. The molecule has 1 aromatic heterocycles. The molecule has 7 heteroatoms. The summed E-state index contributed by atoms with van der Waals surface area (Å²) in [5.74, 6) is 0.997. The van der Waals surface area contributed by atoms with Gasteiger partial charge in [-0.05, 0) is 36.4 Å². The van der Waals surface area contributed by atoms with Crippen LogP contribution in [-0.4, -0.2) is 25.5 Å². The third-order valence-electron chi connectivity index (χ3n) is 3.80. The summed E-state index contributed by atoms with van der Waals surface area (Å²) in [6, 6.07) is 19.5. The molecule has 0 spiro atoms. The number of amides is 2. The Morgan fingerprint density at radius 1 is 0.964 bits per heavy atom. The number of anilines is 1. The standard InChI is InChI=1S/C21H20N2O5/c1-26-18-10-6-5-9-17(18)23-20(24)13-22-21(25)19-12-11-16(28-19)14-27-15-7-3-2-4-8-15/h2-12H,13-14H2,1H3,(H,22,25)(H,23,24). The highest BCUT2D eigenvalue weighted by molar-refractivity contribution is 5.98. The zero-order valence-electron chi connectivity index (χ0n) is 15.3. The predicted molar refractivity (Wildman–Crippen MR) is 103 cm³/mol. The van der Waals surface area contributed by atoms with Gasteiger partial charge in [-0.3, -0.25) is 9.59 Å². The lowest BCUT2D eigenvalue weighted by Crippen LogP contribution is -2.32. The molecule has 0 unspecified atom stereocenters. The van der Waals surface area contributed by atoms with Gasteiger partial charge >= 0.3 is 0 Å². The molecule has 3 aromatic rings. The number of hydrogen-bond donors (Lipinski definition) is 2. The maximum atomic E-state index is 12.2. The smallest absolute Gasteiger partial charge is 0.287 e. The lowest BCUT2D eigenvalue weighted by atomic mass is 10.3. The van der Waals surface area contributed by atoms with E-state index in [0.717, 1.165) is 0 Å². The Hall–Kier alpha value is -3.74. The number of ether oxygens (including phenoxy) is 2. The SMILES string of the molecule is COc1ccccc1NC(=O)CNC(=O)c1ccc(COc2ccccc2)o1. The van der Waals surface area contributed by atoms with Gasteiger partial charge in [-0.15, -0.1) is 0 Å². The van der Waals surface area contributed by atoms with Gasteiger partial charge in [-0.1, -0.05) is 30.3 Å². The fraction of sp³-hybridized carbons (Fsp3) is 0.143. The van der Waals surface area contributed by atoms with E-state index in [4.69, 9.17) is 13.9 Å². The number of hydrogen-bond acceptors (Lipinski definition) is 5. The molecular formula is C21H20N2O5. The van der Waals surface area contributed by atoms with Crippen molar-refractivity contribution < 1.29 is 23.5 Å². The molecule has 2 amide bonds. The number of rotatable bonds is 8. The zero-order chi connectivity index (χ0) is 19.8. The van der Waals surface area contributed by atoms with Crippen LogP contribution in [0.3, 0.4) is 0 Å². The maximum absolute atomic E-state index is 12.2. The summed E-state index contributed by atoms with van der Waals surface area (Å²) < 4.78 is 16.2. The van der Waals surface area contributed by atoms with Crippen LogP contribution in [0.1, 0.15) is 16.3 Å². The topological polar surface area (TPSA) is 89.8 Å². The quantitative estimate of drug-likeness (QED) is 0.626. The first kappa shape index (κ1) is 19.0. The van der Waals surface area contributed by atoms with Crippen LogP contribution in [0.2, 0.25) is 0 Å². The Morgan fingerprint density at radius 2 is 1.71 bits per heavy atom. The van der Waals surface area contributed by atoms with Gasteiger partial charge in [0.05, 0.1) is 19.3 Å². The molecular weight excluding hydrogens is 360 g/mol. The number of methoxy groups -OCH3 is 1. The molecule has 0 bridgehead atoms. The molecule has 28 heavy (non-hydrogen) atoms. The lowest BCUT2D eigenvalue weighted by molar-refractivity contribution is -0.115. The molecule has 2 N–H and O–H groups in total. The number of para-hydroxylation sites is 3. The van der Waals surface area contributed by atoms with E-state index in [1.165, 1.54) is 13.2 Å². The molecule has 3 rings (SSSR count). The summed E-state index contributed by atoms with van der Waals surface area (Å²) in [7, 11) is 1.52. The van der Waals surface area contributed by atoms with Gasteiger partial charge in [0.15, 0.2) is 5.76 Å². The van der Waals surface area contributed by atoms with Crippen molar-refractivity contribution in [1.29, 1.82) is 0 Å². The fourth-order valence-corrected chi connectivity index (χ4v) is 2.44. The van der Waals surface area contributed by atoms with Gasteiger partial charge in [0.2, 0.25) is 5.91 Å². The average Bonchev–Trinajstić information content (AvgIpc) is 3.21. The summed E-state index contributed by atoms with van der Waals surface area (Å²) >= 11 is 0. The third-order valence-corrected chi connectivity index (χ3v) is 3.80. The van der Waals surface area contributed by atoms with Crippen molar-refractivity contribution in [3.05, 3.63) is 78.3 Å². The van der Waals surface area contributed by atoms with Gasteiger partial charge in [0.1, 0.15) is 23.9 Å². The molecule has 0 radical (unpaired) electrons. The summed E-state index contributed by atoms with van der Waals surface area (Å²) in [5, 5.41) is 5.20. The second-order valence-corrected chi connectivity index (χ2v) is 5.80. The number of nitrogens with one attached hydrogen (secondary N) is 2. The van der Waals surface area contributed by atoms with Gasteiger partial charge in [-0.25, -0.2) is 0 Å². The van der Waals surface area contributed by atoms with Gasteiger partial charge in [0, 0.05) is 0 Å². The molecule has 0 atom stereocenters. The van der Waals surface area contributed by atoms with Crippen LogP contribution in [0.4, 0.5) is 5.69 Å². The molecule has 0 fully saturated rings.